The molecular formula is C23H66. The Bertz CT molecular complexity index is 60.4. The summed E-state index contributed by atoms with van der Waals surface area (Å²) >= 11 is 0. The summed E-state index contributed by atoms with van der Waals surface area (Å²) in [5.41, 5.74) is 0. The summed E-state index contributed by atoms with van der Waals surface area (Å²) in [6.45, 7) is 19.7. The van der Waals surface area contributed by atoms with Crippen LogP contribution in [0.4, 0.5) is 0 Å². The summed E-state index contributed by atoms with van der Waals surface area (Å²) in [5, 5.41) is 0. The lowest BCUT2D eigenvalue weighted by Crippen LogP contribution is -1.77. The van der Waals surface area contributed by atoms with Gasteiger partial charge in [0.2, 0.25) is 0 Å². The Hall–Kier alpha value is 0. The highest BCUT2D eigenvalue weighted by molar-refractivity contribution is 4.32. The highest BCUT2D eigenvalue weighted by Crippen LogP contribution is 1.93. The Kier molecular flexibility index (Phi) is 278. The molecule has 158 valence electrons. The second kappa shape index (κ2) is 97.0. The maximum atomic E-state index is 2.22. The Morgan fingerprint density at radius 2 is 0.652 bits per heavy atom. The standard InChI is InChI=1S/2C5H12.C4H10.C3H8.6CH4/c1-4-5(2)3;1-3-5-4-2;1-3-4-2;1-3-2;;;;;;/h5H,4H2,1-3H3;3-5H2,1-2H3;3-4H2,1-2H3;3H2,1-2H3;6*1H4. The molecule has 0 fully saturated rings. The molecule has 0 spiro atoms. The van der Waals surface area contributed by atoms with Gasteiger partial charge in [0.15, 0.2) is 0 Å². The number of hydrogen-bond donors (Lipinski definition) is 0. The van der Waals surface area contributed by atoms with E-state index < -0.39 is 0 Å². The first-order valence-corrected chi connectivity index (χ1v) is 8.01. The van der Waals surface area contributed by atoms with Crippen molar-refractivity contribution in [2.24, 2.45) is 5.92 Å². The molecule has 0 heteroatoms. The minimum Gasteiger partial charge on any atom is -0.0776 e. The Labute approximate surface area is 158 Å². The minimum atomic E-state index is 0. The van der Waals surface area contributed by atoms with Crippen molar-refractivity contribution in [1.82, 2.24) is 0 Å². The fraction of sp³-hybridized carbons (Fsp3) is 1.00. The second-order valence-corrected chi connectivity index (χ2v) is 4.86. The highest BCUT2D eigenvalue weighted by atomic mass is 13.9. The van der Waals surface area contributed by atoms with Crippen molar-refractivity contribution in [3.63, 3.8) is 0 Å². The molecule has 0 aliphatic carbocycles. The van der Waals surface area contributed by atoms with E-state index in [0.717, 1.165) is 5.92 Å². The van der Waals surface area contributed by atoms with Gasteiger partial charge in [-0.3, -0.25) is 0 Å². The van der Waals surface area contributed by atoms with Gasteiger partial charge in [0.1, 0.15) is 0 Å². The summed E-state index contributed by atoms with van der Waals surface area (Å²) < 4.78 is 0. The van der Waals surface area contributed by atoms with Gasteiger partial charge in [0, 0.05) is 0 Å². The monoisotopic (exact) mass is 343 g/mol. The van der Waals surface area contributed by atoms with Crippen LogP contribution in [0.1, 0.15) is 152 Å². The van der Waals surface area contributed by atoms with Gasteiger partial charge in [0.25, 0.3) is 0 Å². The van der Waals surface area contributed by atoms with Crippen LogP contribution >= 0.6 is 0 Å². The van der Waals surface area contributed by atoms with Gasteiger partial charge in [-0.1, -0.05) is 152 Å². The molecule has 23 heavy (non-hydrogen) atoms. The molecule has 0 saturated heterocycles. The van der Waals surface area contributed by atoms with Crippen LogP contribution in [0.5, 0.6) is 0 Å². The molecule has 0 radical (unpaired) electrons. The van der Waals surface area contributed by atoms with E-state index in [1.165, 1.54) is 44.9 Å². The summed E-state index contributed by atoms with van der Waals surface area (Å²) in [5.74, 6) is 0.884. The van der Waals surface area contributed by atoms with Crippen LogP contribution in [0.25, 0.3) is 0 Å². The summed E-state index contributed by atoms with van der Waals surface area (Å²) in [6.07, 6.45) is 9.27. The zero-order valence-corrected chi connectivity index (χ0v) is 14.5. The number of unbranched alkanes of at least 4 members (excludes halogenated alkanes) is 3. The average molecular weight is 343 g/mol. The molecule has 0 saturated carbocycles. The zero-order chi connectivity index (χ0) is 14.5. The Balaban J connectivity index is -0.0000000114. The molecule has 0 aliphatic rings. The van der Waals surface area contributed by atoms with Crippen LogP contribution in [0, 0.1) is 5.92 Å². The lowest BCUT2D eigenvalue weighted by atomic mass is 10.2. The van der Waals surface area contributed by atoms with Crippen molar-refractivity contribution in [1.29, 1.82) is 0 Å². The van der Waals surface area contributed by atoms with E-state index >= 15 is 0 Å². The van der Waals surface area contributed by atoms with Gasteiger partial charge in [-0.05, 0) is 5.92 Å². The predicted octanol–water partition coefficient (Wildman–Crippen LogP) is 11.3. The van der Waals surface area contributed by atoms with E-state index in [4.69, 9.17) is 0 Å². The fourth-order valence-corrected chi connectivity index (χ4v) is 0.354. The van der Waals surface area contributed by atoms with Crippen LogP contribution < -0.4 is 0 Å². The van der Waals surface area contributed by atoms with Gasteiger partial charge < -0.3 is 0 Å². The van der Waals surface area contributed by atoms with Crippen LogP contribution in [0.3, 0.4) is 0 Å². The first-order valence-electron chi connectivity index (χ1n) is 8.01. The third-order valence-corrected chi connectivity index (χ3v) is 2.02. The summed E-state index contributed by atoms with van der Waals surface area (Å²) in [4.78, 5) is 0. The van der Waals surface area contributed by atoms with Gasteiger partial charge in [-0.2, -0.15) is 0 Å². The van der Waals surface area contributed by atoms with Gasteiger partial charge in [-0.25, -0.2) is 0 Å². The second-order valence-electron chi connectivity index (χ2n) is 4.86. The molecule has 0 amide bonds. The zero-order valence-electron chi connectivity index (χ0n) is 14.5. The number of rotatable bonds is 4. The maximum Gasteiger partial charge on any atom is -0.0474 e. The van der Waals surface area contributed by atoms with Gasteiger partial charge in [-0.15, -0.1) is 0 Å². The van der Waals surface area contributed by atoms with E-state index in [1.54, 1.807) is 0 Å². The molecule has 0 bridgehead atoms. The van der Waals surface area contributed by atoms with Crippen molar-refractivity contribution >= 4 is 0 Å². The van der Waals surface area contributed by atoms with Crippen LogP contribution in [0.2, 0.25) is 0 Å². The van der Waals surface area contributed by atoms with Crippen molar-refractivity contribution in [2.45, 2.75) is 152 Å². The SMILES string of the molecule is C.C.C.C.C.C.CCC.CCC(C)C.CCCC.CCCCC. The first kappa shape index (κ1) is 65.9. The van der Waals surface area contributed by atoms with E-state index in [-0.39, 0.29) is 44.6 Å². The lowest BCUT2D eigenvalue weighted by Gasteiger charge is -1.90. The van der Waals surface area contributed by atoms with Crippen molar-refractivity contribution in [2.75, 3.05) is 0 Å². The van der Waals surface area contributed by atoms with Crippen molar-refractivity contribution in [3.8, 4) is 0 Å². The maximum absolute atomic E-state index is 2.22. The van der Waals surface area contributed by atoms with Crippen LogP contribution in [-0.4, -0.2) is 0 Å². The van der Waals surface area contributed by atoms with E-state index in [0.29, 0.717) is 0 Å². The molecule has 0 heterocycles. The van der Waals surface area contributed by atoms with E-state index in [2.05, 4.69) is 62.3 Å². The quantitative estimate of drug-likeness (QED) is 0.476. The molecule has 0 atom stereocenters. The largest absolute Gasteiger partial charge is 0.0776 e. The minimum absolute atomic E-state index is 0. The Morgan fingerprint density at radius 3 is 0.652 bits per heavy atom. The van der Waals surface area contributed by atoms with Crippen molar-refractivity contribution < 1.29 is 0 Å². The molecule has 0 unspecified atom stereocenters. The Morgan fingerprint density at radius 1 is 0.478 bits per heavy atom. The van der Waals surface area contributed by atoms with E-state index in [1.807, 2.05) is 0 Å². The smallest absolute Gasteiger partial charge is 0.0474 e. The fourth-order valence-electron chi connectivity index (χ4n) is 0.354. The molecule has 0 aromatic carbocycles. The third-order valence-electron chi connectivity index (χ3n) is 2.02. The third kappa shape index (κ3) is 352. The molecule has 0 rings (SSSR count). The molecular weight excluding hydrogens is 276 g/mol. The first-order chi connectivity index (χ1) is 8.01. The summed E-state index contributed by atoms with van der Waals surface area (Å²) in [6, 6.07) is 0. The molecule has 0 aromatic heterocycles. The predicted molar refractivity (Wildman–Crippen MR) is 127 cm³/mol. The van der Waals surface area contributed by atoms with Gasteiger partial charge >= 0.3 is 0 Å². The molecule has 0 nitrogen and oxygen atoms in total. The highest BCUT2D eigenvalue weighted by Gasteiger charge is 1.80. The topological polar surface area (TPSA) is 0 Å². The van der Waals surface area contributed by atoms with Crippen molar-refractivity contribution in [3.05, 3.63) is 0 Å². The molecule has 0 N–H and O–H groups in total. The van der Waals surface area contributed by atoms with Crippen LogP contribution in [0.15, 0.2) is 0 Å². The number of hydrogen-bond acceptors (Lipinski definition) is 0. The summed E-state index contributed by atoms with van der Waals surface area (Å²) in [7, 11) is 0. The average Bonchev–Trinajstić information content (AvgIpc) is 2.32. The van der Waals surface area contributed by atoms with Crippen LogP contribution in [-0.2, 0) is 0 Å². The van der Waals surface area contributed by atoms with Gasteiger partial charge in [0.05, 0.1) is 0 Å². The van der Waals surface area contributed by atoms with E-state index in [9.17, 15) is 0 Å². The molecule has 0 aliphatic heterocycles. The normalized spacial score (nSPS) is 6.00. The lowest BCUT2D eigenvalue weighted by molar-refractivity contribution is 0.626. The molecule has 0 aromatic rings.